The van der Waals surface area contributed by atoms with Crippen molar-refractivity contribution in [2.24, 2.45) is 0 Å². The van der Waals surface area contributed by atoms with Gasteiger partial charge in [-0.25, -0.2) is 4.79 Å². The molecule has 182 valence electrons. The molecule has 2 aliphatic rings. The van der Waals surface area contributed by atoms with E-state index in [1.54, 1.807) is 9.80 Å². The minimum absolute atomic E-state index is 0.0964. The number of carbonyl (C=O) groups is 2. The summed E-state index contributed by atoms with van der Waals surface area (Å²) in [6.07, 6.45) is -0.866. The minimum Gasteiger partial charge on any atom is -0.444 e. The van der Waals surface area contributed by atoms with Crippen LogP contribution in [0.15, 0.2) is 46.9 Å². The maximum atomic E-state index is 13.3. The molecule has 2 heterocycles. The Labute approximate surface area is 210 Å². The van der Waals surface area contributed by atoms with Crippen molar-refractivity contribution in [1.29, 1.82) is 0 Å². The van der Waals surface area contributed by atoms with E-state index in [-0.39, 0.29) is 17.9 Å². The zero-order valence-corrected chi connectivity index (χ0v) is 22.1. The predicted octanol–water partition coefficient (Wildman–Crippen LogP) is 4.91. The van der Waals surface area contributed by atoms with Gasteiger partial charge in [0.2, 0.25) is 0 Å². The lowest BCUT2D eigenvalue weighted by Gasteiger charge is -2.44. The molecule has 2 aromatic carbocycles. The predicted molar refractivity (Wildman–Crippen MR) is 135 cm³/mol. The molecule has 7 heteroatoms. The molecule has 2 atom stereocenters. The van der Waals surface area contributed by atoms with Gasteiger partial charge >= 0.3 is 6.09 Å². The highest BCUT2D eigenvalue weighted by Gasteiger charge is 2.41. The van der Waals surface area contributed by atoms with Crippen LogP contribution in [0.3, 0.4) is 0 Å². The van der Waals surface area contributed by atoms with Crippen molar-refractivity contribution >= 4 is 27.9 Å². The van der Waals surface area contributed by atoms with E-state index in [4.69, 9.17) is 4.74 Å². The van der Waals surface area contributed by atoms with E-state index >= 15 is 0 Å². The number of rotatable bonds is 3. The molecule has 2 amide bonds. The Kier molecular flexibility index (Phi) is 6.55. The van der Waals surface area contributed by atoms with E-state index in [0.717, 1.165) is 21.2 Å². The number of amides is 2. The van der Waals surface area contributed by atoms with Gasteiger partial charge in [0.15, 0.2) is 0 Å². The third-order valence-corrected chi connectivity index (χ3v) is 7.08. The summed E-state index contributed by atoms with van der Waals surface area (Å²) >= 11 is 3.51. The quantitative estimate of drug-likeness (QED) is 0.614. The lowest BCUT2D eigenvalue weighted by Crippen LogP contribution is -2.57. The molecule has 0 saturated carbocycles. The summed E-state index contributed by atoms with van der Waals surface area (Å²) in [5.41, 5.74) is 2.90. The third kappa shape index (κ3) is 5.01. The van der Waals surface area contributed by atoms with Crippen molar-refractivity contribution in [3.05, 3.63) is 69.2 Å². The van der Waals surface area contributed by atoms with E-state index in [1.165, 1.54) is 0 Å². The van der Waals surface area contributed by atoms with Crippen LogP contribution in [0.2, 0.25) is 0 Å². The first-order valence-corrected chi connectivity index (χ1v) is 12.5. The number of nitrogens with zero attached hydrogens (tertiary/aromatic N) is 2. The molecule has 2 aromatic rings. The Morgan fingerprint density at radius 2 is 1.88 bits per heavy atom. The molecule has 34 heavy (non-hydrogen) atoms. The molecule has 0 radical (unpaired) electrons. The van der Waals surface area contributed by atoms with Crippen LogP contribution in [0, 0.1) is 0 Å². The van der Waals surface area contributed by atoms with E-state index < -0.39 is 23.8 Å². The van der Waals surface area contributed by atoms with Crippen LogP contribution in [-0.4, -0.2) is 57.7 Å². The molecule has 0 aliphatic carbocycles. The van der Waals surface area contributed by atoms with Crippen LogP contribution >= 0.6 is 15.9 Å². The molecular formula is C27H33BrN2O4. The highest BCUT2D eigenvalue weighted by Crippen LogP contribution is 2.36. The second kappa shape index (κ2) is 9.00. The Hall–Kier alpha value is -2.38. The van der Waals surface area contributed by atoms with Gasteiger partial charge in [-0.15, -0.1) is 0 Å². The van der Waals surface area contributed by atoms with Gasteiger partial charge in [-0.3, -0.25) is 9.69 Å². The number of hydrogen-bond donors (Lipinski definition) is 1. The van der Waals surface area contributed by atoms with Crippen LogP contribution < -0.4 is 0 Å². The molecule has 0 unspecified atom stereocenters. The number of aliphatic hydroxyl groups excluding tert-OH is 1. The van der Waals surface area contributed by atoms with E-state index in [2.05, 4.69) is 29.8 Å². The van der Waals surface area contributed by atoms with Gasteiger partial charge < -0.3 is 14.7 Å². The lowest BCUT2D eigenvalue weighted by atomic mass is 9.78. The summed E-state index contributed by atoms with van der Waals surface area (Å²) in [5.74, 6) is -0.0964. The van der Waals surface area contributed by atoms with Gasteiger partial charge in [0, 0.05) is 35.1 Å². The van der Waals surface area contributed by atoms with E-state index in [9.17, 15) is 14.7 Å². The Bertz CT molecular complexity index is 1110. The van der Waals surface area contributed by atoms with Crippen molar-refractivity contribution in [3.8, 4) is 0 Å². The molecule has 0 spiro atoms. The van der Waals surface area contributed by atoms with E-state index in [1.807, 2.05) is 63.2 Å². The largest absolute Gasteiger partial charge is 0.444 e. The summed E-state index contributed by atoms with van der Waals surface area (Å²) in [6, 6.07) is 13.2. The van der Waals surface area contributed by atoms with E-state index in [0.29, 0.717) is 25.1 Å². The van der Waals surface area contributed by atoms with Crippen molar-refractivity contribution < 1.29 is 19.4 Å². The smallest absolute Gasteiger partial charge is 0.410 e. The molecule has 6 nitrogen and oxygen atoms in total. The number of carbonyl (C=O) groups excluding carboxylic acids is 2. The molecular weight excluding hydrogens is 496 g/mol. The normalized spacial score (nSPS) is 20.4. The van der Waals surface area contributed by atoms with Crippen LogP contribution in [-0.2, 0) is 23.1 Å². The number of halogens is 1. The van der Waals surface area contributed by atoms with Gasteiger partial charge in [-0.05, 0) is 62.1 Å². The van der Waals surface area contributed by atoms with Crippen molar-refractivity contribution in [1.82, 2.24) is 9.80 Å². The number of β-amino-alcohol motifs (C(OH)–C–C–N with tert-alkyl or cyclic N) is 1. The number of ether oxygens (including phenoxy) is 1. The first-order valence-electron chi connectivity index (χ1n) is 11.7. The van der Waals surface area contributed by atoms with Crippen LogP contribution in [0.4, 0.5) is 4.79 Å². The van der Waals surface area contributed by atoms with Crippen LogP contribution in [0.25, 0.3) is 0 Å². The molecule has 1 N–H and O–H groups in total. The van der Waals surface area contributed by atoms with Crippen LogP contribution in [0.1, 0.15) is 61.7 Å². The lowest BCUT2D eigenvalue weighted by molar-refractivity contribution is -0.0193. The fraction of sp³-hybridized carbons (Fsp3) is 0.481. The first-order chi connectivity index (χ1) is 15.9. The first kappa shape index (κ1) is 24.7. The van der Waals surface area contributed by atoms with Crippen molar-refractivity contribution in [2.75, 3.05) is 13.1 Å². The fourth-order valence-electron chi connectivity index (χ4n) is 4.97. The molecule has 2 aliphatic heterocycles. The number of hydrogen-bond acceptors (Lipinski definition) is 4. The molecule has 4 rings (SSSR count). The second-order valence-corrected chi connectivity index (χ2v) is 11.9. The minimum atomic E-state index is -0.919. The van der Waals surface area contributed by atoms with Gasteiger partial charge in [0.25, 0.3) is 5.91 Å². The molecule has 0 bridgehead atoms. The topological polar surface area (TPSA) is 70.1 Å². The summed E-state index contributed by atoms with van der Waals surface area (Å²) in [6.45, 7) is 10.7. The zero-order valence-electron chi connectivity index (χ0n) is 20.5. The second-order valence-electron chi connectivity index (χ2n) is 11.0. The summed E-state index contributed by atoms with van der Waals surface area (Å²) < 4.78 is 6.60. The Balaban J connectivity index is 1.60. The average Bonchev–Trinajstić information content (AvgIpc) is 2.75. The summed E-state index contributed by atoms with van der Waals surface area (Å²) in [7, 11) is 0. The standard InChI is InChI=1S/C27H33BrN2O4/c1-26(2,3)34-25(33)30-14-18-9-7-6-8-17(18)12-22(30)23(31)15-29-16-27(4,5)21-13-19(28)10-11-20(21)24(29)32/h6-11,13,22-23,31H,12,14-16H2,1-5H3/t22-,23-/m0/s1. The van der Waals surface area contributed by atoms with Gasteiger partial charge in [-0.2, -0.15) is 0 Å². The maximum absolute atomic E-state index is 13.3. The van der Waals surface area contributed by atoms with Gasteiger partial charge in [0.05, 0.1) is 12.1 Å². The summed E-state index contributed by atoms with van der Waals surface area (Å²) in [4.78, 5) is 29.8. The SMILES string of the molecule is CC(C)(C)OC(=O)N1Cc2ccccc2C[C@H]1[C@@H](O)CN1CC(C)(C)c2cc(Br)ccc2C1=O. The fourth-order valence-corrected chi connectivity index (χ4v) is 5.33. The maximum Gasteiger partial charge on any atom is 0.410 e. The van der Waals surface area contributed by atoms with Crippen LogP contribution in [0.5, 0.6) is 0 Å². The number of aliphatic hydroxyl groups is 1. The number of benzene rings is 2. The van der Waals surface area contributed by atoms with Gasteiger partial charge in [0.1, 0.15) is 5.60 Å². The molecule has 0 aromatic heterocycles. The molecule has 0 fully saturated rings. The van der Waals surface area contributed by atoms with Crippen molar-refractivity contribution in [3.63, 3.8) is 0 Å². The average molecular weight is 529 g/mol. The Morgan fingerprint density at radius 3 is 2.56 bits per heavy atom. The highest BCUT2D eigenvalue weighted by atomic mass is 79.9. The Morgan fingerprint density at radius 1 is 1.21 bits per heavy atom. The zero-order chi connectivity index (χ0) is 24.8. The highest BCUT2D eigenvalue weighted by molar-refractivity contribution is 9.10. The van der Waals surface area contributed by atoms with Gasteiger partial charge in [-0.1, -0.05) is 54.0 Å². The monoisotopic (exact) mass is 528 g/mol. The number of fused-ring (bicyclic) bond motifs is 2. The molecule has 0 saturated heterocycles. The summed E-state index contributed by atoms with van der Waals surface area (Å²) in [5, 5.41) is 11.4. The third-order valence-electron chi connectivity index (χ3n) is 6.58. The van der Waals surface area contributed by atoms with Crippen molar-refractivity contribution in [2.45, 2.75) is 70.7 Å².